The van der Waals surface area contributed by atoms with Crippen LogP contribution in [0.3, 0.4) is 0 Å². The molecule has 37 heavy (non-hydrogen) atoms. The topological polar surface area (TPSA) is 82.1 Å². The number of methoxy groups -OCH3 is 2. The summed E-state index contributed by atoms with van der Waals surface area (Å²) in [5, 5.41) is 0.204. The van der Waals surface area contributed by atoms with E-state index >= 15 is 0 Å². The molecule has 1 heterocycles. The molecule has 0 bridgehead atoms. The van der Waals surface area contributed by atoms with Gasteiger partial charge < -0.3 is 19.1 Å². The van der Waals surface area contributed by atoms with Crippen LogP contribution in [0.4, 0.5) is 0 Å². The van der Waals surface area contributed by atoms with Gasteiger partial charge in [-0.1, -0.05) is 53.6 Å². The number of hydrogen-bond donors (Lipinski definition) is 0. The number of benzene rings is 3. The Hall–Kier alpha value is -3.07. The van der Waals surface area contributed by atoms with Crippen LogP contribution in [0.15, 0.2) is 65.6 Å². The van der Waals surface area contributed by atoms with E-state index in [1.807, 2.05) is 32.0 Å². The van der Waals surface area contributed by atoms with Gasteiger partial charge in [0.15, 0.2) is 9.84 Å². The quantitative estimate of drug-likeness (QED) is 0.403. The summed E-state index contributed by atoms with van der Waals surface area (Å²) in [5.74, 6) is 0.201. The Balaban J connectivity index is 1.54. The molecule has 196 valence electrons. The Labute approximate surface area is 222 Å². The van der Waals surface area contributed by atoms with Crippen LogP contribution in [0, 0.1) is 13.8 Å². The lowest BCUT2D eigenvalue weighted by molar-refractivity contribution is 0.0340. The van der Waals surface area contributed by atoms with Crippen molar-refractivity contribution >= 4 is 27.3 Å². The number of para-hydroxylation sites is 1. The predicted molar refractivity (Wildman–Crippen MR) is 142 cm³/mol. The summed E-state index contributed by atoms with van der Waals surface area (Å²) in [4.78, 5) is 15.1. The third-order valence-corrected chi connectivity index (χ3v) is 8.63. The first kappa shape index (κ1) is 27.0. The summed E-state index contributed by atoms with van der Waals surface area (Å²) in [6.45, 7) is 4.54. The monoisotopic (exact) mass is 543 g/mol. The van der Waals surface area contributed by atoms with Crippen LogP contribution >= 0.6 is 11.6 Å². The Bertz CT molecular complexity index is 1410. The molecular formula is C28H30ClNO6S. The molecule has 4 rings (SSSR count). The first-order valence-electron chi connectivity index (χ1n) is 11.8. The summed E-state index contributed by atoms with van der Waals surface area (Å²) >= 11 is 6.64. The zero-order valence-corrected chi connectivity index (χ0v) is 22.8. The molecule has 0 N–H and O–H groups in total. The van der Waals surface area contributed by atoms with Gasteiger partial charge in [0.25, 0.3) is 5.91 Å². The molecular weight excluding hydrogens is 514 g/mol. The van der Waals surface area contributed by atoms with Crippen LogP contribution in [0.25, 0.3) is 0 Å². The lowest BCUT2D eigenvalue weighted by Gasteiger charge is -2.20. The first-order chi connectivity index (χ1) is 17.6. The fourth-order valence-electron chi connectivity index (χ4n) is 4.47. The molecule has 1 amide bonds. The summed E-state index contributed by atoms with van der Waals surface area (Å²) in [5.41, 5.74) is 2.97. The lowest BCUT2D eigenvalue weighted by atomic mass is 10.0. The zero-order valence-electron chi connectivity index (χ0n) is 21.2. The van der Waals surface area contributed by atoms with Gasteiger partial charge in [-0.25, -0.2) is 8.42 Å². The number of carbonyl (C=O) groups is 1. The van der Waals surface area contributed by atoms with Crippen molar-refractivity contribution in [3.05, 3.63) is 87.9 Å². The van der Waals surface area contributed by atoms with Crippen LogP contribution < -0.4 is 9.47 Å². The van der Waals surface area contributed by atoms with Crippen LogP contribution in [-0.2, 0) is 20.3 Å². The van der Waals surface area contributed by atoms with Gasteiger partial charge in [-0.05, 0) is 49.2 Å². The molecule has 1 fully saturated rings. The first-order valence-corrected chi connectivity index (χ1v) is 13.9. The zero-order chi connectivity index (χ0) is 26.7. The second kappa shape index (κ2) is 11.1. The number of carbonyl (C=O) groups excluding carboxylic acids is 1. The number of likely N-dealkylation sites (tertiary alicyclic amines) is 1. The summed E-state index contributed by atoms with van der Waals surface area (Å²) < 4.78 is 43.4. The maximum absolute atomic E-state index is 13.3. The average Bonchev–Trinajstić information content (AvgIpc) is 3.30. The maximum atomic E-state index is 13.3. The Morgan fingerprint density at radius 1 is 0.973 bits per heavy atom. The lowest BCUT2D eigenvalue weighted by Crippen LogP contribution is -2.32. The van der Waals surface area contributed by atoms with Crippen LogP contribution in [0.5, 0.6) is 11.5 Å². The van der Waals surface area contributed by atoms with Gasteiger partial charge in [0.05, 0.1) is 31.0 Å². The van der Waals surface area contributed by atoms with E-state index in [1.165, 1.54) is 13.2 Å². The summed E-state index contributed by atoms with van der Waals surface area (Å²) in [6.07, 6.45) is -0.844. The van der Waals surface area contributed by atoms with E-state index in [-0.39, 0.29) is 33.4 Å². The summed E-state index contributed by atoms with van der Waals surface area (Å²) in [6, 6.07) is 17.3. The number of halogens is 1. The second-order valence-corrected chi connectivity index (χ2v) is 11.4. The Morgan fingerprint density at radius 3 is 2.41 bits per heavy atom. The Kier molecular flexibility index (Phi) is 8.11. The highest BCUT2D eigenvalue weighted by molar-refractivity contribution is 7.90. The van der Waals surface area contributed by atoms with E-state index in [0.29, 0.717) is 30.0 Å². The number of amides is 1. The molecule has 3 aromatic rings. The van der Waals surface area contributed by atoms with Gasteiger partial charge in [-0.15, -0.1) is 0 Å². The Morgan fingerprint density at radius 2 is 1.68 bits per heavy atom. The SMILES string of the molecule is COc1ccccc1S(=O)(=O)Cc1cccc(OC2CN(C(=O)c3cc(C)ccc3C)CC2OC)c1Cl. The van der Waals surface area contributed by atoms with Crippen molar-refractivity contribution in [3.63, 3.8) is 0 Å². The normalized spacial score (nSPS) is 17.6. The smallest absolute Gasteiger partial charge is 0.254 e. The van der Waals surface area contributed by atoms with Crippen LogP contribution in [-0.4, -0.2) is 58.7 Å². The average molecular weight is 544 g/mol. The molecule has 9 heteroatoms. The number of rotatable bonds is 8. The predicted octanol–water partition coefficient (Wildman–Crippen LogP) is 4.86. The van der Waals surface area contributed by atoms with E-state index in [2.05, 4.69) is 0 Å². The fourth-order valence-corrected chi connectivity index (χ4v) is 6.33. The van der Waals surface area contributed by atoms with E-state index in [9.17, 15) is 13.2 Å². The minimum atomic E-state index is -3.74. The van der Waals surface area contributed by atoms with E-state index in [4.69, 9.17) is 25.8 Å². The van der Waals surface area contributed by atoms with Crippen molar-refractivity contribution in [2.24, 2.45) is 0 Å². The minimum Gasteiger partial charge on any atom is -0.495 e. The van der Waals surface area contributed by atoms with E-state index in [1.54, 1.807) is 48.4 Å². The number of ether oxygens (including phenoxy) is 3. The number of hydrogen-bond acceptors (Lipinski definition) is 6. The molecule has 0 radical (unpaired) electrons. The molecule has 3 aromatic carbocycles. The standard InChI is InChI=1S/C28H30ClNO6S/c1-18-12-13-19(2)21(14-18)28(31)30-15-24(35-4)25(16-30)36-23-10-7-8-20(27(23)29)17-37(32,33)26-11-6-5-9-22(26)34-3/h5-14,24-25H,15-17H2,1-4H3. The molecule has 1 aliphatic heterocycles. The number of sulfone groups is 1. The van der Waals surface area contributed by atoms with Gasteiger partial charge >= 0.3 is 0 Å². The van der Waals surface area contributed by atoms with E-state index < -0.39 is 15.9 Å². The van der Waals surface area contributed by atoms with Crippen LogP contribution in [0.2, 0.25) is 5.02 Å². The van der Waals surface area contributed by atoms with Crippen molar-refractivity contribution in [2.45, 2.75) is 36.7 Å². The third kappa shape index (κ3) is 5.76. The van der Waals surface area contributed by atoms with Gasteiger partial charge in [-0.3, -0.25) is 4.79 Å². The molecule has 0 saturated carbocycles. The van der Waals surface area contributed by atoms with E-state index in [0.717, 1.165) is 11.1 Å². The highest BCUT2D eigenvalue weighted by Crippen LogP contribution is 2.34. The summed E-state index contributed by atoms with van der Waals surface area (Å²) in [7, 11) is -0.736. The molecule has 0 aromatic heterocycles. The number of nitrogens with zero attached hydrogens (tertiary/aromatic N) is 1. The highest BCUT2D eigenvalue weighted by Gasteiger charge is 2.38. The second-order valence-electron chi connectivity index (χ2n) is 9.10. The fraction of sp³-hybridized carbons (Fsp3) is 0.321. The van der Waals surface area contributed by atoms with Gasteiger partial charge in [0, 0.05) is 12.7 Å². The third-order valence-electron chi connectivity index (χ3n) is 6.50. The van der Waals surface area contributed by atoms with Gasteiger partial charge in [0.1, 0.15) is 28.6 Å². The van der Waals surface area contributed by atoms with Gasteiger partial charge in [-0.2, -0.15) is 0 Å². The molecule has 0 spiro atoms. The van der Waals surface area contributed by atoms with Crippen molar-refractivity contribution in [1.29, 1.82) is 0 Å². The molecule has 2 atom stereocenters. The van der Waals surface area contributed by atoms with Crippen LogP contribution in [0.1, 0.15) is 27.0 Å². The molecule has 0 aliphatic carbocycles. The maximum Gasteiger partial charge on any atom is 0.254 e. The van der Waals surface area contributed by atoms with Crippen molar-refractivity contribution in [3.8, 4) is 11.5 Å². The largest absolute Gasteiger partial charge is 0.495 e. The molecule has 2 unspecified atom stereocenters. The molecule has 1 saturated heterocycles. The molecule has 7 nitrogen and oxygen atoms in total. The van der Waals surface area contributed by atoms with Crippen molar-refractivity contribution in [2.75, 3.05) is 27.3 Å². The van der Waals surface area contributed by atoms with Crippen molar-refractivity contribution < 1.29 is 27.4 Å². The highest BCUT2D eigenvalue weighted by atomic mass is 35.5. The number of aryl methyl sites for hydroxylation is 2. The van der Waals surface area contributed by atoms with Crippen molar-refractivity contribution in [1.82, 2.24) is 4.90 Å². The molecule has 1 aliphatic rings. The minimum absolute atomic E-state index is 0.0860. The van der Waals surface area contributed by atoms with Gasteiger partial charge in [0.2, 0.25) is 0 Å².